The molecule has 0 saturated carbocycles. The molecule has 1 heterocycles. The first kappa shape index (κ1) is 14.2. The molecule has 0 aromatic rings. The van der Waals surface area contributed by atoms with Crippen molar-refractivity contribution in [2.45, 2.75) is 34.1 Å². The SMILES string of the molecule is C=CC1=C(C=C(C)C)CCN(C)C1.CC. The first-order valence-corrected chi connectivity index (χ1v) is 5.81. The summed E-state index contributed by atoms with van der Waals surface area (Å²) in [6.45, 7) is 14.4. The fraction of sp³-hybridized carbons (Fsp3) is 0.571. The van der Waals surface area contributed by atoms with Gasteiger partial charge in [-0.25, -0.2) is 0 Å². The Labute approximate surface area is 95.2 Å². The van der Waals surface area contributed by atoms with E-state index in [0.29, 0.717) is 0 Å². The van der Waals surface area contributed by atoms with E-state index in [1.165, 1.54) is 16.7 Å². The Hall–Kier alpha value is -0.820. The van der Waals surface area contributed by atoms with Crippen LogP contribution in [0.15, 0.2) is 35.5 Å². The zero-order valence-corrected chi connectivity index (χ0v) is 10.9. The zero-order valence-electron chi connectivity index (χ0n) is 10.9. The van der Waals surface area contributed by atoms with Crippen molar-refractivity contribution in [1.82, 2.24) is 4.90 Å². The van der Waals surface area contributed by atoms with Gasteiger partial charge < -0.3 is 4.90 Å². The Morgan fingerprint density at radius 1 is 1.27 bits per heavy atom. The highest BCUT2D eigenvalue weighted by atomic mass is 15.1. The third-order valence-electron chi connectivity index (χ3n) is 2.32. The maximum Gasteiger partial charge on any atom is 0.0233 e. The van der Waals surface area contributed by atoms with E-state index in [0.717, 1.165) is 19.5 Å². The van der Waals surface area contributed by atoms with Crippen molar-refractivity contribution in [3.63, 3.8) is 0 Å². The number of hydrogen-bond acceptors (Lipinski definition) is 1. The first-order chi connectivity index (χ1) is 7.13. The van der Waals surface area contributed by atoms with Crippen molar-refractivity contribution in [2.24, 2.45) is 0 Å². The smallest absolute Gasteiger partial charge is 0.0233 e. The Balaban J connectivity index is 0.000000921. The van der Waals surface area contributed by atoms with E-state index < -0.39 is 0 Å². The van der Waals surface area contributed by atoms with Gasteiger partial charge in [0.2, 0.25) is 0 Å². The maximum absolute atomic E-state index is 3.86. The number of hydrogen-bond donors (Lipinski definition) is 0. The van der Waals surface area contributed by atoms with Crippen molar-refractivity contribution < 1.29 is 0 Å². The summed E-state index contributed by atoms with van der Waals surface area (Å²) in [5.41, 5.74) is 4.22. The molecule has 86 valence electrons. The zero-order chi connectivity index (χ0) is 11.8. The molecule has 0 bridgehead atoms. The summed E-state index contributed by atoms with van der Waals surface area (Å²) in [6, 6.07) is 0. The van der Waals surface area contributed by atoms with Crippen LogP contribution in [0.3, 0.4) is 0 Å². The van der Waals surface area contributed by atoms with Gasteiger partial charge in [0, 0.05) is 13.1 Å². The Bertz CT molecular complexity index is 255. The molecule has 0 aliphatic carbocycles. The summed E-state index contributed by atoms with van der Waals surface area (Å²) in [4.78, 5) is 2.33. The molecule has 0 radical (unpaired) electrons. The molecule has 0 N–H and O–H groups in total. The van der Waals surface area contributed by atoms with Gasteiger partial charge in [-0.2, -0.15) is 0 Å². The van der Waals surface area contributed by atoms with Gasteiger partial charge in [-0.05, 0) is 38.5 Å². The summed E-state index contributed by atoms with van der Waals surface area (Å²) in [5, 5.41) is 0. The van der Waals surface area contributed by atoms with E-state index in [9.17, 15) is 0 Å². The fourth-order valence-corrected chi connectivity index (χ4v) is 1.65. The van der Waals surface area contributed by atoms with Crippen LogP contribution in [-0.4, -0.2) is 25.0 Å². The number of likely N-dealkylation sites (N-methyl/N-ethyl adjacent to an activating group) is 1. The second-order valence-electron chi connectivity index (χ2n) is 3.96. The van der Waals surface area contributed by atoms with Crippen molar-refractivity contribution >= 4 is 0 Å². The minimum absolute atomic E-state index is 1.04. The lowest BCUT2D eigenvalue weighted by Gasteiger charge is -2.25. The molecule has 0 spiro atoms. The van der Waals surface area contributed by atoms with Crippen LogP contribution >= 0.6 is 0 Å². The molecule has 15 heavy (non-hydrogen) atoms. The van der Waals surface area contributed by atoms with Gasteiger partial charge in [0.05, 0.1) is 0 Å². The van der Waals surface area contributed by atoms with Crippen molar-refractivity contribution in [3.8, 4) is 0 Å². The van der Waals surface area contributed by atoms with E-state index in [4.69, 9.17) is 0 Å². The topological polar surface area (TPSA) is 3.24 Å². The average molecular weight is 207 g/mol. The predicted octanol–water partition coefficient (Wildman–Crippen LogP) is 3.80. The molecule has 1 aliphatic rings. The molecule has 0 aromatic carbocycles. The van der Waals surface area contributed by atoms with E-state index in [2.05, 4.69) is 38.5 Å². The van der Waals surface area contributed by atoms with Gasteiger partial charge in [-0.1, -0.05) is 38.2 Å². The Kier molecular flexibility index (Phi) is 7.06. The largest absolute Gasteiger partial charge is 0.302 e. The molecule has 1 heteroatoms. The second kappa shape index (κ2) is 7.47. The number of rotatable bonds is 2. The van der Waals surface area contributed by atoms with Crippen LogP contribution in [0.1, 0.15) is 34.1 Å². The summed E-state index contributed by atoms with van der Waals surface area (Å²) in [5.74, 6) is 0. The van der Waals surface area contributed by atoms with Crippen LogP contribution < -0.4 is 0 Å². The molecule has 0 atom stereocenters. The quantitative estimate of drug-likeness (QED) is 0.666. The number of nitrogens with zero attached hydrogens (tertiary/aromatic N) is 1. The van der Waals surface area contributed by atoms with E-state index >= 15 is 0 Å². The molecule has 0 fully saturated rings. The van der Waals surface area contributed by atoms with Gasteiger partial charge in [-0.3, -0.25) is 0 Å². The van der Waals surface area contributed by atoms with E-state index in [1.807, 2.05) is 19.9 Å². The number of allylic oxidation sites excluding steroid dienone is 2. The lowest BCUT2D eigenvalue weighted by molar-refractivity contribution is 0.354. The molecule has 0 unspecified atom stereocenters. The molecule has 1 rings (SSSR count). The summed E-state index contributed by atoms with van der Waals surface area (Å²) < 4.78 is 0. The highest BCUT2D eigenvalue weighted by Gasteiger charge is 2.11. The molecule has 0 aromatic heterocycles. The minimum Gasteiger partial charge on any atom is -0.302 e. The Morgan fingerprint density at radius 2 is 1.87 bits per heavy atom. The Morgan fingerprint density at radius 3 is 2.33 bits per heavy atom. The molecular formula is C14H25N. The standard InChI is InChI=1S/C12H19N.C2H6/c1-5-11-9-13(4)7-6-12(11)8-10(2)3;1-2/h5,8H,1,6-7,9H2,2-4H3;1-2H3. The van der Waals surface area contributed by atoms with Crippen LogP contribution in [0, 0.1) is 0 Å². The van der Waals surface area contributed by atoms with Crippen molar-refractivity contribution in [2.75, 3.05) is 20.1 Å². The lowest BCUT2D eigenvalue weighted by Crippen LogP contribution is -2.27. The normalized spacial score (nSPS) is 16.6. The summed E-state index contributed by atoms with van der Waals surface area (Å²) in [7, 11) is 2.16. The highest BCUT2D eigenvalue weighted by molar-refractivity contribution is 5.36. The summed E-state index contributed by atoms with van der Waals surface area (Å²) >= 11 is 0. The van der Waals surface area contributed by atoms with E-state index in [-0.39, 0.29) is 0 Å². The average Bonchev–Trinajstić information content (AvgIpc) is 2.23. The summed E-state index contributed by atoms with van der Waals surface area (Å²) in [6.07, 6.45) is 5.43. The van der Waals surface area contributed by atoms with Gasteiger partial charge in [0.1, 0.15) is 0 Å². The van der Waals surface area contributed by atoms with Crippen LogP contribution in [-0.2, 0) is 0 Å². The molecule has 1 aliphatic heterocycles. The molecule has 0 amide bonds. The van der Waals surface area contributed by atoms with Gasteiger partial charge in [-0.15, -0.1) is 0 Å². The molecule has 0 saturated heterocycles. The van der Waals surface area contributed by atoms with E-state index in [1.54, 1.807) is 0 Å². The van der Waals surface area contributed by atoms with Crippen LogP contribution in [0.2, 0.25) is 0 Å². The van der Waals surface area contributed by atoms with Crippen LogP contribution in [0.4, 0.5) is 0 Å². The molecular weight excluding hydrogens is 182 g/mol. The highest BCUT2D eigenvalue weighted by Crippen LogP contribution is 2.19. The second-order valence-corrected chi connectivity index (χ2v) is 3.96. The van der Waals surface area contributed by atoms with Gasteiger partial charge in [0.25, 0.3) is 0 Å². The van der Waals surface area contributed by atoms with Crippen LogP contribution in [0.25, 0.3) is 0 Å². The molecule has 1 nitrogen and oxygen atoms in total. The fourth-order valence-electron chi connectivity index (χ4n) is 1.65. The van der Waals surface area contributed by atoms with Crippen molar-refractivity contribution in [3.05, 3.63) is 35.5 Å². The third-order valence-corrected chi connectivity index (χ3v) is 2.32. The maximum atomic E-state index is 3.86. The van der Waals surface area contributed by atoms with Crippen LogP contribution in [0.5, 0.6) is 0 Å². The third kappa shape index (κ3) is 4.98. The van der Waals surface area contributed by atoms with Crippen molar-refractivity contribution in [1.29, 1.82) is 0 Å². The lowest BCUT2D eigenvalue weighted by atomic mass is 9.98. The van der Waals surface area contributed by atoms with Gasteiger partial charge >= 0.3 is 0 Å². The first-order valence-electron chi connectivity index (χ1n) is 5.81. The van der Waals surface area contributed by atoms with Gasteiger partial charge in [0.15, 0.2) is 0 Å². The monoisotopic (exact) mass is 207 g/mol. The minimum atomic E-state index is 1.04. The predicted molar refractivity (Wildman–Crippen MR) is 70.1 cm³/mol.